The summed E-state index contributed by atoms with van der Waals surface area (Å²) in [5, 5.41) is 9.34. The Balaban J connectivity index is 5.09. The van der Waals surface area contributed by atoms with Crippen molar-refractivity contribution >= 4 is 17.7 Å². The summed E-state index contributed by atoms with van der Waals surface area (Å²) in [5.74, 6) is -0.597. The topological polar surface area (TPSA) is 53.3 Å². The van der Waals surface area contributed by atoms with Crippen molar-refractivity contribution in [2.24, 2.45) is 0 Å². The third-order valence-electron chi connectivity index (χ3n) is 1.31. The average molecular weight is 200 g/mol. The predicted molar refractivity (Wildman–Crippen MR) is 51.9 cm³/mol. The summed E-state index contributed by atoms with van der Waals surface area (Å²) < 4.78 is 4.48. The summed E-state index contributed by atoms with van der Waals surface area (Å²) in [6.07, 6.45) is 1.80. The first-order valence-electron chi connectivity index (χ1n) is 3.52. The number of carbonyl (C=O) groups excluding carboxylic acids is 1. The first kappa shape index (κ1) is 11.8. The van der Waals surface area contributed by atoms with E-state index < -0.39 is 5.97 Å². The number of hydrogen-bond donors (Lipinski definition) is 0. The molecule has 0 radical (unpaired) electrons. The van der Waals surface area contributed by atoms with Crippen LogP contribution in [0, 0.1) is 11.3 Å². The Morgan fingerprint density at radius 2 is 2.08 bits per heavy atom. The highest BCUT2D eigenvalue weighted by Gasteiger charge is 2.16. The zero-order valence-electron chi connectivity index (χ0n) is 8.12. The smallest absolute Gasteiger partial charge is 0.351 e. The van der Waals surface area contributed by atoms with Gasteiger partial charge in [0, 0.05) is 14.1 Å². The minimum atomic E-state index is -0.597. The van der Waals surface area contributed by atoms with E-state index in [4.69, 9.17) is 5.26 Å². The molecule has 0 heterocycles. The second-order valence-electron chi connectivity index (χ2n) is 2.38. The lowest BCUT2D eigenvalue weighted by Gasteiger charge is -2.15. The summed E-state index contributed by atoms with van der Waals surface area (Å²) in [7, 11) is 4.80. The molecule has 0 atom stereocenters. The van der Waals surface area contributed by atoms with E-state index in [-0.39, 0.29) is 5.57 Å². The van der Waals surface area contributed by atoms with E-state index in [0.29, 0.717) is 5.03 Å². The van der Waals surface area contributed by atoms with Gasteiger partial charge < -0.3 is 9.64 Å². The van der Waals surface area contributed by atoms with Crippen molar-refractivity contribution in [2.75, 3.05) is 27.5 Å². The molecule has 0 amide bonds. The van der Waals surface area contributed by atoms with Crippen LogP contribution in [0.2, 0.25) is 0 Å². The van der Waals surface area contributed by atoms with Gasteiger partial charge in [-0.25, -0.2) is 4.79 Å². The van der Waals surface area contributed by atoms with E-state index in [1.54, 1.807) is 25.3 Å². The monoisotopic (exact) mass is 200 g/mol. The van der Waals surface area contributed by atoms with Crippen molar-refractivity contribution in [3.05, 3.63) is 10.6 Å². The Bertz CT molecular complexity index is 266. The highest BCUT2D eigenvalue weighted by Crippen LogP contribution is 2.19. The summed E-state index contributed by atoms with van der Waals surface area (Å²) in [6.45, 7) is 0. The van der Waals surface area contributed by atoms with Crippen LogP contribution >= 0.6 is 11.8 Å². The molecule has 0 rings (SSSR count). The van der Waals surface area contributed by atoms with Crippen LogP contribution in [0.5, 0.6) is 0 Å². The first-order valence-corrected chi connectivity index (χ1v) is 4.75. The number of hydrogen-bond acceptors (Lipinski definition) is 5. The van der Waals surface area contributed by atoms with E-state index in [9.17, 15) is 4.79 Å². The minimum Gasteiger partial charge on any atom is -0.465 e. The first-order chi connectivity index (χ1) is 6.08. The van der Waals surface area contributed by atoms with Crippen LogP contribution in [0.3, 0.4) is 0 Å². The fourth-order valence-electron chi connectivity index (χ4n) is 0.791. The van der Waals surface area contributed by atoms with Gasteiger partial charge in [0.15, 0.2) is 5.57 Å². The largest absolute Gasteiger partial charge is 0.465 e. The van der Waals surface area contributed by atoms with E-state index in [1.165, 1.54) is 18.9 Å². The van der Waals surface area contributed by atoms with Crippen LogP contribution < -0.4 is 0 Å². The zero-order valence-corrected chi connectivity index (χ0v) is 8.94. The molecule has 0 bridgehead atoms. The summed E-state index contributed by atoms with van der Waals surface area (Å²) in [4.78, 5) is 12.8. The minimum absolute atomic E-state index is 0.0417. The predicted octanol–water partition coefficient (Wildman–Crippen LogP) is 0.819. The molecule has 0 saturated heterocycles. The maximum absolute atomic E-state index is 11.1. The molecule has 0 unspecified atom stereocenters. The Morgan fingerprint density at radius 3 is 2.31 bits per heavy atom. The van der Waals surface area contributed by atoms with Crippen molar-refractivity contribution in [3.8, 4) is 6.07 Å². The van der Waals surface area contributed by atoms with Crippen molar-refractivity contribution in [1.29, 1.82) is 5.26 Å². The lowest BCUT2D eigenvalue weighted by atomic mass is 10.3. The molecule has 0 aromatic rings. The van der Waals surface area contributed by atoms with E-state index >= 15 is 0 Å². The summed E-state index contributed by atoms with van der Waals surface area (Å²) in [5.41, 5.74) is 0.0417. The molecule has 0 fully saturated rings. The molecule has 0 aromatic carbocycles. The average Bonchev–Trinajstić information content (AvgIpc) is 2.12. The Kier molecular flexibility index (Phi) is 5.00. The molecule has 5 heteroatoms. The van der Waals surface area contributed by atoms with Gasteiger partial charge in [-0.1, -0.05) is 0 Å². The molecule has 4 nitrogen and oxygen atoms in total. The molecule has 0 aromatic heterocycles. The fraction of sp³-hybridized carbons (Fsp3) is 0.500. The van der Waals surface area contributed by atoms with Gasteiger partial charge in [-0.05, 0) is 6.26 Å². The number of nitrogens with zero attached hydrogens (tertiary/aromatic N) is 2. The normalized spacial score (nSPS) is 11.3. The molecule has 72 valence electrons. The Hall–Kier alpha value is -1.15. The van der Waals surface area contributed by atoms with Gasteiger partial charge in [-0.3, -0.25) is 0 Å². The van der Waals surface area contributed by atoms with Gasteiger partial charge in [0.1, 0.15) is 6.07 Å². The lowest BCUT2D eigenvalue weighted by molar-refractivity contribution is -0.135. The number of thioether (sulfide) groups is 1. The molecule has 0 aliphatic carbocycles. The SMILES string of the molecule is COC(=O)/C(C#N)=C(/SC)N(C)C. The molecule has 0 aliphatic rings. The van der Waals surface area contributed by atoms with Crippen LogP contribution in [0.15, 0.2) is 10.6 Å². The van der Waals surface area contributed by atoms with Crippen LogP contribution in [0.25, 0.3) is 0 Å². The standard InChI is InChI=1S/C8H12N2O2S/c1-10(2)7(13-4)6(5-9)8(11)12-3/h1-4H3/b7-6+. The number of rotatable bonds is 3. The van der Waals surface area contributed by atoms with Crippen LogP contribution in [-0.4, -0.2) is 38.3 Å². The van der Waals surface area contributed by atoms with E-state index in [0.717, 1.165) is 0 Å². The number of ether oxygens (including phenoxy) is 1. The maximum atomic E-state index is 11.1. The van der Waals surface area contributed by atoms with E-state index in [2.05, 4.69) is 4.74 Å². The Labute approximate surface area is 82.2 Å². The number of nitriles is 1. The summed E-state index contributed by atoms with van der Waals surface area (Å²) >= 11 is 1.34. The molecule has 0 aliphatic heterocycles. The van der Waals surface area contributed by atoms with Gasteiger partial charge in [0.05, 0.1) is 12.1 Å². The Morgan fingerprint density at radius 1 is 1.54 bits per heavy atom. The summed E-state index contributed by atoms with van der Waals surface area (Å²) in [6, 6.07) is 1.83. The molecule has 0 spiro atoms. The second kappa shape index (κ2) is 5.49. The van der Waals surface area contributed by atoms with Gasteiger partial charge in [0.25, 0.3) is 0 Å². The molecule has 0 N–H and O–H groups in total. The van der Waals surface area contributed by atoms with Crippen molar-refractivity contribution in [3.63, 3.8) is 0 Å². The third kappa shape index (κ3) is 2.99. The second-order valence-corrected chi connectivity index (χ2v) is 3.18. The van der Waals surface area contributed by atoms with Crippen LogP contribution in [-0.2, 0) is 9.53 Å². The molecule has 13 heavy (non-hydrogen) atoms. The fourth-order valence-corrected chi connectivity index (χ4v) is 1.49. The van der Waals surface area contributed by atoms with Gasteiger partial charge in [0.2, 0.25) is 0 Å². The van der Waals surface area contributed by atoms with Crippen molar-refractivity contribution in [1.82, 2.24) is 4.90 Å². The van der Waals surface area contributed by atoms with Crippen LogP contribution in [0.4, 0.5) is 0 Å². The number of carbonyl (C=O) groups is 1. The molecular formula is C8H12N2O2S. The highest BCUT2D eigenvalue weighted by molar-refractivity contribution is 8.02. The van der Waals surface area contributed by atoms with E-state index in [1.807, 2.05) is 6.07 Å². The van der Waals surface area contributed by atoms with Crippen LogP contribution in [0.1, 0.15) is 0 Å². The maximum Gasteiger partial charge on any atom is 0.351 e. The quantitative estimate of drug-likeness (QED) is 0.383. The molecule has 0 saturated carbocycles. The molecular weight excluding hydrogens is 188 g/mol. The van der Waals surface area contributed by atoms with Crippen molar-refractivity contribution < 1.29 is 9.53 Å². The number of esters is 1. The highest BCUT2D eigenvalue weighted by atomic mass is 32.2. The number of methoxy groups -OCH3 is 1. The van der Waals surface area contributed by atoms with Gasteiger partial charge in [-0.2, -0.15) is 5.26 Å². The zero-order chi connectivity index (χ0) is 10.4. The third-order valence-corrected chi connectivity index (χ3v) is 2.27. The van der Waals surface area contributed by atoms with Gasteiger partial charge in [-0.15, -0.1) is 11.8 Å². The lowest BCUT2D eigenvalue weighted by Crippen LogP contribution is -2.15. The van der Waals surface area contributed by atoms with Gasteiger partial charge >= 0.3 is 5.97 Å². The van der Waals surface area contributed by atoms with Crippen molar-refractivity contribution in [2.45, 2.75) is 0 Å².